The van der Waals surface area contributed by atoms with Crippen LogP contribution in [0.1, 0.15) is 16.7 Å². The highest BCUT2D eigenvalue weighted by Gasteiger charge is 2.36. The molecule has 1 N–H and O–H groups in total. The number of piperazine rings is 2. The minimum absolute atomic E-state index is 0.0571. The molecule has 6 heteroatoms. The first-order valence-electron chi connectivity index (χ1n) is 8.47. The first kappa shape index (κ1) is 17.3. The van der Waals surface area contributed by atoms with Gasteiger partial charge in [-0.25, -0.2) is 0 Å². The third-order valence-electron chi connectivity index (χ3n) is 4.62. The smallest absolute Gasteiger partial charge is 0.239 e. The van der Waals surface area contributed by atoms with Gasteiger partial charge in [-0.05, 0) is 19.4 Å². The lowest BCUT2D eigenvalue weighted by atomic mass is 10.1. The van der Waals surface area contributed by atoms with Crippen molar-refractivity contribution < 1.29 is 9.59 Å². The van der Waals surface area contributed by atoms with Crippen molar-refractivity contribution >= 4 is 23.6 Å². The zero-order valence-electron chi connectivity index (χ0n) is 14.4. The normalized spacial score (nSPS) is 21.3. The molecule has 24 heavy (non-hydrogen) atoms. The number of carbonyl (C=O) groups is 2. The molecule has 0 aromatic heterocycles. The Hall–Kier alpha value is -1.53. The van der Waals surface area contributed by atoms with E-state index in [9.17, 15) is 9.59 Å². The summed E-state index contributed by atoms with van der Waals surface area (Å²) < 4.78 is 0. The molecule has 2 amide bonds. The maximum absolute atomic E-state index is 12.5. The Morgan fingerprint density at radius 2 is 1.96 bits per heavy atom. The molecular weight excluding hydrogens is 322 g/mol. The van der Waals surface area contributed by atoms with Crippen LogP contribution in [0.5, 0.6) is 0 Å². The fourth-order valence-electron chi connectivity index (χ4n) is 3.50. The third-order valence-corrected chi connectivity index (χ3v) is 5.61. The van der Waals surface area contributed by atoms with Gasteiger partial charge in [0.05, 0.1) is 5.75 Å². The van der Waals surface area contributed by atoms with Crippen LogP contribution in [0.3, 0.4) is 0 Å². The zero-order chi connectivity index (χ0) is 17.1. The van der Waals surface area contributed by atoms with Crippen LogP contribution in [0.15, 0.2) is 18.2 Å². The Bertz CT molecular complexity index is 614. The van der Waals surface area contributed by atoms with Gasteiger partial charge in [-0.1, -0.05) is 29.3 Å². The Morgan fingerprint density at radius 1 is 1.21 bits per heavy atom. The summed E-state index contributed by atoms with van der Waals surface area (Å²) in [6, 6.07) is 6.35. The van der Waals surface area contributed by atoms with Gasteiger partial charge in [0.1, 0.15) is 6.04 Å². The van der Waals surface area contributed by atoms with E-state index in [1.54, 1.807) is 11.8 Å². The lowest BCUT2D eigenvalue weighted by Crippen LogP contribution is -2.64. The molecule has 2 fully saturated rings. The fraction of sp³-hybridized carbons (Fsp3) is 0.556. The molecular formula is C18H25N3O2S. The van der Waals surface area contributed by atoms with Crippen LogP contribution >= 0.6 is 11.8 Å². The molecule has 3 rings (SSSR count). The number of hydrogen-bond acceptors (Lipinski definition) is 4. The number of hydrogen-bond donors (Lipinski definition) is 1. The average Bonchev–Trinajstić information content (AvgIpc) is 2.54. The largest absolute Gasteiger partial charge is 0.353 e. The first-order chi connectivity index (χ1) is 11.5. The van der Waals surface area contributed by atoms with Crippen LogP contribution in [0.4, 0.5) is 0 Å². The lowest BCUT2D eigenvalue weighted by molar-refractivity contribution is -0.138. The molecule has 2 heterocycles. The Morgan fingerprint density at radius 3 is 2.71 bits per heavy atom. The summed E-state index contributed by atoms with van der Waals surface area (Å²) in [7, 11) is 0. The molecule has 0 bridgehead atoms. The number of thioether (sulfide) groups is 1. The zero-order valence-corrected chi connectivity index (χ0v) is 15.2. The van der Waals surface area contributed by atoms with Crippen molar-refractivity contribution in [1.29, 1.82) is 0 Å². The van der Waals surface area contributed by atoms with Gasteiger partial charge in [0.2, 0.25) is 11.8 Å². The predicted octanol–water partition coefficient (Wildman–Crippen LogP) is 1.18. The maximum Gasteiger partial charge on any atom is 0.239 e. The van der Waals surface area contributed by atoms with Crippen LogP contribution in [0, 0.1) is 13.8 Å². The first-order valence-corrected chi connectivity index (χ1v) is 9.63. The summed E-state index contributed by atoms with van der Waals surface area (Å²) >= 11 is 1.65. The van der Waals surface area contributed by atoms with Gasteiger partial charge in [0.25, 0.3) is 0 Å². The van der Waals surface area contributed by atoms with E-state index in [4.69, 9.17) is 0 Å². The van der Waals surface area contributed by atoms with Gasteiger partial charge in [-0.3, -0.25) is 14.5 Å². The summed E-state index contributed by atoms with van der Waals surface area (Å²) in [6.07, 6.45) is 0. The molecule has 2 saturated heterocycles. The van der Waals surface area contributed by atoms with Gasteiger partial charge in [0, 0.05) is 38.5 Å². The van der Waals surface area contributed by atoms with E-state index in [1.807, 2.05) is 4.90 Å². The standard InChI is InChI=1S/C18H25N3O2S/c1-13-7-14(2)9-15(8-13)11-24-12-17(22)21-6-5-20-4-3-19-18(23)16(20)10-21/h7-9,16H,3-6,10-12H2,1-2H3,(H,19,23)/t16-/m1/s1. The van der Waals surface area contributed by atoms with E-state index in [2.05, 4.69) is 42.3 Å². The number of carbonyl (C=O) groups excluding carboxylic acids is 2. The Labute approximate surface area is 147 Å². The van der Waals surface area contributed by atoms with E-state index < -0.39 is 0 Å². The Balaban J connectivity index is 1.49. The summed E-state index contributed by atoms with van der Waals surface area (Å²) in [5.74, 6) is 1.52. The van der Waals surface area contributed by atoms with Crippen molar-refractivity contribution in [3.8, 4) is 0 Å². The number of nitrogens with one attached hydrogen (secondary N) is 1. The molecule has 5 nitrogen and oxygen atoms in total. The molecule has 0 spiro atoms. The van der Waals surface area contributed by atoms with Gasteiger partial charge < -0.3 is 10.2 Å². The van der Waals surface area contributed by atoms with Crippen molar-refractivity contribution in [3.63, 3.8) is 0 Å². The van der Waals surface area contributed by atoms with E-state index in [0.717, 1.165) is 31.9 Å². The van der Waals surface area contributed by atoms with Crippen LogP contribution in [-0.4, -0.2) is 66.1 Å². The molecule has 1 atom stereocenters. The van der Waals surface area contributed by atoms with Gasteiger partial charge in [0.15, 0.2) is 0 Å². The third kappa shape index (κ3) is 4.11. The monoisotopic (exact) mass is 347 g/mol. The highest BCUT2D eigenvalue weighted by atomic mass is 32.2. The predicted molar refractivity (Wildman–Crippen MR) is 97.0 cm³/mol. The number of aryl methyl sites for hydroxylation is 2. The number of fused-ring (bicyclic) bond motifs is 1. The highest BCUT2D eigenvalue weighted by Crippen LogP contribution is 2.18. The number of amides is 2. The second-order valence-electron chi connectivity index (χ2n) is 6.67. The Kier molecular flexibility index (Phi) is 5.46. The van der Waals surface area contributed by atoms with E-state index in [-0.39, 0.29) is 17.9 Å². The van der Waals surface area contributed by atoms with Crippen LogP contribution in [0.25, 0.3) is 0 Å². The summed E-state index contributed by atoms with van der Waals surface area (Å²) in [6.45, 7) is 7.85. The van der Waals surface area contributed by atoms with Crippen molar-refractivity contribution in [2.75, 3.05) is 38.5 Å². The average molecular weight is 347 g/mol. The fourth-order valence-corrected chi connectivity index (χ4v) is 4.37. The molecule has 2 aliphatic heterocycles. The molecule has 1 aromatic rings. The molecule has 0 saturated carbocycles. The highest BCUT2D eigenvalue weighted by molar-refractivity contribution is 7.99. The van der Waals surface area contributed by atoms with E-state index in [0.29, 0.717) is 12.3 Å². The summed E-state index contributed by atoms with van der Waals surface area (Å²) in [5.41, 5.74) is 3.79. The molecule has 1 aromatic carbocycles. The molecule has 0 aliphatic carbocycles. The summed E-state index contributed by atoms with van der Waals surface area (Å²) in [5, 5.41) is 2.89. The summed E-state index contributed by atoms with van der Waals surface area (Å²) in [4.78, 5) is 28.5. The minimum Gasteiger partial charge on any atom is -0.353 e. The number of benzene rings is 1. The molecule has 2 aliphatic rings. The minimum atomic E-state index is -0.166. The SMILES string of the molecule is Cc1cc(C)cc(CSCC(=O)N2CCN3CCNC(=O)[C@H]3C2)c1. The van der Waals surface area contributed by atoms with Crippen molar-refractivity contribution in [3.05, 3.63) is 34.9 Å². The lowest BCUT2D eigenvalue weighted by Gasteiger charge is -2.43. The number of rotatable bonds is 4. The van der Waals surface area contributed by atoms with Crippen molar-refractivity contribution in [1.82, 2.24) is 15.1 Å². The second kappa shape index (κ2) is 7.57. The topological polar surface area (TPSA) is 52.7 Å². The maximum atomic E-state index is 12.5. The van der Waals surface area contributed by atoms with Gasteiger partial charge in [-0.2, -0.15) is 0 Å². The molecule has 0 radical (unpaired) electrons. The van der Waals surface area contributed by atoms with E-state index >= 15 is 0 Å². The van der Waals surface area contributed by atoms with Gasteiger partial charge >= 0.3 is 0 Å². The molecule has 130 valence electrons. The van der Waals surface area contributed by atoms with Crippen LogP contribution in [-0.2, 0) is 15.3 Å². The van der Waals surface area contributed by atoms with E-state index in [1.165, 1.54) is 16.7 Å². The van der Waals surface area contributed by atoms with Crippen molar-refractivity contribution in [2.24, 2.45) is 0 Å². The van der Waals surface area contributed by atoms with Crippen LogP contribution < -0.4 is 5.32 Å². The second-order valence-corrected chi connectivity index (χ2v) is 7.66. The van der Waals surface area contributed by atoms with Gasteiger partial charge in [-0.15, -0.1) is 11.8 Å². The van der Waals surface area contributed by atoms with Crippen LogP contribution in [0.2, 0.25) is 0 Å². The quantitative estimate of drug-likeness (QED) is 0.889. The number of nitrogens with zero attached hydrogens (tertiary/aromatic N) is 2. The van der Waals surface area contributed by atoms with Crippen molar-refractivity contribution in [2.45, 2.75) is 25.6 Å². The molecule has 0 unspecified atom stereocenters.